The largest absolute Gasteiger partial charge is 0.434 e. The fourth-order valence-electron chi connectivity index (χ4n) is 4.89. The number of ether oxygens (including phenoxy) is 1. The first kappa shape index (κ1) is 21.2. The normalized spacial score (nSPS) is 17.1. The molecule has 0 atom stereocenters. The number of anilines is 1. The first-order chi connectivity index (χ1) is 16.7. The zero-order valence-electron chi connectivity index (χ0n) is 19.3. The number of hydrogen-bond donors (Lipinski definition) is 0. The van der Waals surface area contributed by atoms with Crippen LogP contribution in [0.2, 0.25) is 0 Å². The molecule has 5 heterocycles. The highest BCUT2D eigenvalue weighted by Crippen LogP contribution is 2.33. The Morgan fingerprint density at radius 3 is 2.71 bits per heavy atom. The van der Waals surface area contributed by atoms with Crippen LogP contribution in [0.5, 0.6) is 0 Å². The number of hydrogen-bond acceptors (Lipinski definition) is 8. The standard InChI is InChI=1S/C25H28N6O3/c1-33-15-3-10-31-22-19-4-2-9-26-24(19)34-23(22)21(28-25(31)32)17-5-8-20(27-16-17)30-13-11-29(12-14-30)18-6-7-18/h2,4-5,8-9,16,18H,3,6-7,10-15H2,1H3. The van der Waals surface area contributed by atoms with Crippen LogP contribution in [0.25, 0.3) is 33.5 Å². The van der Waals surface area contributed by atoms with Crippen molar-refractivity contribution in [1.82, 2.24) is 24.4 Å². The van der Waals surface area contributed by atoms with Gasteiger partial charge in [-0.25, -0.2) is 14.8 Å². The molecule has 0 spiro atoms. The summed E-state index contributed by atoms with van der Waals surface area (Å²) >= 11 is 0. The summed E-state index contributed by atoms with van der Waals surface area (Å²) in [6, 6.07) is 8.57. The zero-order valence-corrected chi connectivity index (χ0v) is 19.3. The van der Waals surface area contributed by atoms with Crippen molar-refractivity contribution in [2.24, 2.45) is 0 Å². The van der Waals surface area contributed by atoms with Crippen LogP contribution in [0.3, 0.4) is 0 Å². The highest BCUT2D eigenvalue weighted by atomic mass is 16.5. The molecule has 0 bridgehead atoms. The number of aryl methyl sites for hydroxylation is 1. The van der Waals surface area contributed by atoms with Crippen LogP contribution < -0.4 is 10.6 Å². The van der Waals surface area contributed by atoms with Gasteiger partial charge < -0.3 is 14.1 Å². The van der Waals surface area contributed by atoms with E-state index in [1.807, 2.05) is 24.3 Å². The zero-order chi connectivity index (χ0) is 23.1. The molecule has 0 aromatic carbocycles. The molecule has 2 aliphatic rings. The van der Waals surface area contributed by atoms with Gasteiger partial charge in [-0.15, -0.1) is 0 Å². The van der Waals surface area contributed by atoms with E-state index in [9.17, 15) is 4.79 Å². The van der Waals surface area contributed by atoms with E-state index in [2.05, 4.69) is 19.8 Å². The van der Waals surface area contributed by atoms with Crippen LogP contribution in [0.15, 0.2) is 45.9 Å². The van der Waals surface area contributed by atoms with E-state index >= 15 is 0 Å². The SMILES string of the molecule is COCCCn1c(=O)nc(-c2ccc(N3CCN(C4CC4)CC3)nc2)c2oc3ncccc3c21. The van der Waals surface area contributed by atoms with Crippen LogP contribution in [-0.4, -0.2) is 70.4 Å². The number of aromatic nitrogens is 4. The number of nitrogens with zero attached hydrogens (tertiary/aromatic N) is 6. The van der Waals surface area contributed by atoms with Gasteiger partial charge in [-0.2, -0.15) is 4.98 Å². The predicted molar refractivity (Wildman–Crippen MR) is 130 cm³/mol. The summed E-state index contributed by atoms with van der Waals surface area (Å²) < 4.78 is 13.0. The van der Waals surface area contributed by atoms with Crippen molar-refractivity contribution in [2.45, 2.75) is 31.8 Å². The first-order valence-corrected chi connectivity index (χ1v) is 12.0. The third-order valence-corrected chi connectivity index (χ3v) is 6.82. The van der Waals surface area contributed by atoms with Gasteiger partial charge in [-0.3, -0.25) is 9.47 Å². The molecule has 0 unspecified atom stereocenters. The molecule has 1 aliphatic heterocycles. The van der Waals surface area contributed by atoms with E-state index in [1.165, 1.54) is 12.8 Å². The molecule has 9 heteroatoms. The monoisotopic (exact) mass is 460 g/mol. The number of pyridine rings is 2. The number of fused-ring (bicyclic) bond motifs is 3. The molecule has 6 rings (SSSR count). The topological polar surface area (TPSA) is 89.5 Å². The van der Waals surface area contributed by atoms with Crippen LogP contribution in [0.4, 0.5) is 5.82 Å². The summed E-state index contributed by atoms with van der Waals surface area (Å²) in [5, 5.41) is 0.800. The molecule has 2 fully saturated rings. The van der Waals surface area contributed by atoms with Crippen molar-refractivity contribution in [3.8, 4) is 11.3 Å². The molecule has 4 aromatic heterocycles. The Labute approximate surface area is 197 Å². The lowest BCUT2D eigenvalue weighted by atomic mass is 10.1. The highest BCUT2D eigenvalue weighted by molar-refractivity contribution is 6.05. The number of furan rings is 1. The quantitative estimate of drug-likeness (QED) is 0.389. The summed E-state index contributed by atoms with van der Waals surface area (Å²) in [4.78, 5) is 31.5. The van der Waals surface area contributed by atoms with Gasteiger partial charge in [-0.05, 0) is 43.5 Å². The van der Waals surface area contributed by atoms with Gasteiger partial charge >= 0.3 is 5.69 Å². The smallest absolute Gasteiger partial charge is 0.348 e. The molecule has 34 heavy (non-hydrogen) atoms. The van der Waals surface area contributed by atoms with Crippen molar-refractivity contribution in [3.63, 3.8) is 0 Å². The van der Waals surface area contributed by atoms with E-state index in [0.29, 0.717) is 36.6 Å². The predicted octanol–water partition coefficient (Wildman–Crippen LogP) is 2.92. The Kier molecular flexibility index (Phi) is 5.50. The fraction of sp³-hybridized carbons (Fsp3) is 0.440. The van der Waals surface area contributed by atoms with Crippen molar-refractivity contribution >= 4 is 28.0 Å². The maximum Gasteiger partial charge on any atom is 0.348 e. The van der Waals surface area contributed by atoms with Gasteiger partial charge in [0.15, 0.2) is 5.58 Å². The van der Waals surface area contributed by atoms with Crippen LogP contribution >= 0.6 is 0 Å². The van der Waals surface area contributed by atoms with E-state index < -0.39 is 0 Å². The molecular weight excluding hydrogens is 432 g/mol. The van der Waals surface area contributed by atoms with Gasteiger partial charge in [0.25, 0.3) is 0 Å². The summed E-state index contributed by atoms with van der Waals surface area (Å²) in [6.45, 7) is 5.19. The second-order valence-electron chi connectivity index (χ2n) is 9.04. The third kappa shape index (κ3) is 3.84. The molecule has 176 valence electrons. The number of methoxy groups -OCH3 is 1. The van der Waals surface area contributed by atoms with Crippen molar-refractivity contribution in [1.29, 1.82) is 0 Å². The van der Waals surface area contributed by atoms with Crippen LogP contribution in [0, 0.1) is 0 Å². The average molecular weight is 461 g/mol. The summed E-state index contributed by atoms with van der Waals surface area (Å²) in [5.41, 5.74) is 2.70. The Hall–Kier alpha value is -3.30. The van der Waals surface area contributed by atoms with Crippen molar-refractivity contribution in [2.75, 3.05) is 44.8 Å². The van der Waals surface area contributed by atoms with Crippen molar-refractivity contribution in [3.05, 3.63) is 47.1 Å². The minimum atomic E-state index is -0.314. The Bertz CT molecular complexity index is 1370. The molecule has 0 radical (unpaired) electrons. The van der Waals surface area contributed by atoms with Gasteiger partial charge in [0, 0.05) is 70.4 Å². The number of rotatable bonds is 7. The summed E-state index contributed by atoms with van der Waals surface area (Å²) in [7, 11) is 1.65. The van der Waals surface area contributed by atoms with E-state index in [0.717, 1.165) is 54.5 Å². The third-order valence-electron chi connectivity index (χ3n) is 6.82. The highest BCUT2D eigenvalue weighted by Gasteiger charge is 2.31. The number of piperazine rings is 1. The van der Waals surface area contributed by atoms with E-state index in [-0.39, 0.29) is 5.69 Å². The van der Waals surface area contributed by atoms with Crippen LogP contribution in [-0.2, 0) is 11.3 Å². The Balaban J connectivity index is 1.35. The molecule has 0 amide bonds. The van der Waals surface area contributed by atoms with Gasteiger partial charge in [0.2, 0.25) is 5.71 Å². The second-order valence-corrected chi connectivity index (χ2v) is 9.04. The van der Waals surface area contributed by atoms with E-state index in [4.69, 9.17) is 14.1 Å². The minimum absolute atomic E-state index is 0.314. The van der Waals surface area contributed by atoms with E-state index in [1.54, 1.807) is 24.1 Å². The summed E-state index contributed by atoms with van der Waals surface area (Å²) in [5.74, 6) is 0.953. The average Bonchev–Trinajstić information content (AvgIpc) is 3.66. The van der Waals surface area contributed by atoms with Gasteiger partial charge in [0.05, 0.1) is 5.39 Å². The molecule has 4 aromatic rings. The van der Waals surface area contributed by atoms with Crippen LogP contribution in [0.1, 0.15) is 19.3 Å². The lowest BCUT2D eigenvalue weighted by molar-refractivity contribution is 0.190. The molecule has 1 aliphatic carbocycles. The maximum atomic E-state index is 13.1. The first-order valence-electron chi connectivity index (χ1n) is 12.0. The summed E-state index contributed by atoms with van der Waals surface area (Å²) in [6.07, 6.45) is 6.86. The van der Waals surface area contributed by atoms with Gasteiger partial charge in [-0.1, -0.05) is 0 Å². The van der Waals surface area contributed by atoms with Crippen molar-refractivity contribution < 1.29 is 9.15 Å². The fourth-order valence-corrected chi connectivity index (χ4v) is 4.89. The Morgan fingerprint density at radius 2 is 1.97 bits per heavy atom. The lowest BCUT2D eigenvalue weighted by Crippen LogP contribution is -2.47. The van der Waals surface area contributed by atoms with Gasteiger partial charge in [0.1, 0.15) is 17.0 Å². The lowest BCUT2D eigenvalue weighted by Gasteiger charge is -2.35. The minimum Gasteiger partial charge on any atom is -0.434 e. The Morgan fingerprint density at radius 1 is 1.12 bits per heavy atom. The maximum absolute atomic E-state index is 13.1. The second kappa shape index (κ2) is 8.81. The molecule has 0 N–H and O–H groups in total. The molecule has 9 nitrogen and oxygen atoms in total. The molecule has 1 saturated heterocycles. The molecule has 1 saturated carbocycles. The molecular formula is C25H28N6O3.